The van der Waals surface area contributed by atoms with Crippen LogP contribution in [0.4, 0.5) is 4.79 Å². The summed E-state index contributed by atoms with van der Waals surface area (Å²) < 4.78 is 88.3. The Hall–Kier alpha value is -3.41. The lowest BCUT2D eigenvalue weighted by molar-refractivity contribution is -0.396. The third-order valence-electron chi connectivity index (χ3n) is 17.4. The van der Waals surface area contributed by atoms with Crippen LogP contribution in [0.15, 0.2) is 12.5 Å². The zero-order valence-electron chi connectivity index (χ0n) is 51.9. The molecular weight excluding hydrogens is 1310 g/mol. The number of carbonyl (C=O) groups excluding carboxylic acids is 2. The SMILES string of the molecule is CC(C)(C)OC(=O)NCCC(=O)NCCc1cn(C[C@H]2O[C@@H]3O[C@H]4[C@H](O)[C@H](O)[C@@H](O[C@H]5[C@H](O)[C@H](O)[C@@H](O[C@H]6[C@H](O)[C@@H](O)[C@@H](O[C@H]7[C@H](O)[C@@H](O)[C@@H](O[C@H]8[C@H](O)[C@@H](O)[C@@H](O[C@H]9[C@H](O)[C@@H](O)[C@@H](O[C@H]2[C@H](O)[C@H]3O)O[C@@H]9CO)O[C@@H]8CO)O[C@@H]7CO)O[C@@H]6CO)O[C@@H]5CO)O[C@@H]4CO)cn1. The Bertz CT molecular complexity index is 2590. The van der Waals surface area contributed by atoms with Gasteiger partial charge in [-0.15, -0.1) is 0 Å². The Balaban J connectivity index is 0.985. The number of aliphatic hydroxyl groups is 20. The molecule has 1 aromatic rings. The molecule has 21 saturated heterocycles. The Kier molecular flexibility index (Phi) is 26.5. The van der Waals surface area contributed by atoms with Gasteiger partial charge in [0, 0.05) is 32.1 Å². The number of hydrogen-bond donors (Lipinski definition) is 22. The molecule has 0 saturated carbocycles. The van der Waals surface area contributed by atoms with Crippen LogP contribution >= 0.6 is 0 Å². The van der Waals surface area contributed by atoms with E-state index in [2.05, 4.69) is 15.6 Å². The molecule has 14 bridgehead atoms. The number of hydrogen-bond acceptors (Lipinski definition) is 38. The number of aromatic nitrogens is 2. The molecule has 0 unspecified atom stereocenters. The Labute approximate surface area is 545 Å². The largest absolute Gasteiger partial charge is 0.444 e. The van der Waals surface area contributed by atoms with E-state index >= 15 is 0 Å². The van der Waals surface area contributed by atoms with Crippen molar-refractivity contribution in [2.24, 2.45) is 0 Å². The second kappa shape index (κ2) is 33.1. The topological polar surface area (TPSA) is 619 Å². The van der Waals surface area contributed by atoms with Gasteiger partial charge in [0.15, 0.2) is 44.0 Å². The van der Waals surface area contributed by atoms with Gasteiger partial charge < -0.3 is 188 Å². The van der Waals surface area contributed by atoms with E-state index in [0.717, 1.165) is 0 Å². The minimum absolute atomic E-state index is 0.0347. The van der Waals surface area contributed by atoms with Gasteiger partial charge in [0.2, 0.25) is 5.91 Å². The second-order valence-corrected chi connectivity index (χ2v) is 25.3. The third kappa shape index (κ3) is 17.0. The number of rotatable bonds is 14. The van der Waals surface area contributed by atoms with E-state index < -0.39 is 279 Å². The lowest BCUT2D eigenvalue weighted by atomic mass is 9.95. The first kappa shape index (κ1) is 76.8. The van der Waals surface area contributed by atoms with Crippen molar-refractivity contribution in [3.8, 4) is 0 Å². The summed E-state index contributed by atoms with van der Waals surface area (Å²) in [7, 11) is 0. The molecule has 41 nitrogen and oxygen atoms in total. The summed E-state index contributed by atoms with van der Waals surface area (Å²) in [6.45, 7) is -1.78. The number of carbonyl (C=O) groups is 2. The maximum absolute atomic E-state index is 12.6. The van der Waals surface area contributed by atoms with Gasteiger partial charge in [-0.25, -0.2) is 9.78 Å². The third-order valence-corrected chi connectivity index (χ3v) is 17.4. The average Bonchev–Trinajstić information content (AvgIpc) is 0.803. The number of ether oxygens (including phenoxy) is 15. The standard InChI is InChI=1S/C55H90N4O37/c1-55(2,3)96-54(81)57-7-5-25(66)56-6-4-17-8-59(16-58-17)9-18-40-26(67)33(74)47(82-18)90-41-19(10-60)84-49(35(76)28(41)69)92-43-21(12-62)86-51(37(78)30(43)71)94-45-23(14-64)88-53(39(80)32(45)73)95-46-24(15-65)87-52(38(79)31(46)72)93-44-22(13-63)85-50(36(77)29(44)70)91-42-20(11-61)83-48(89-40)34(75)27(42)68/h8,16,18-24,26-53,60-65,67-80H,4-7,9-15H2,1-3H3,(H,56,66)(H,57,81)/t18-,19-,20-,21-,22-,23-,24-,26-,27-,28-,29-,30-,31-,32-,33-,34-,35+,36-,37+,38-,39-,40-,41-,42-,43-,44-,45-,46-,47-,48-,49-,50-,51-,52-,53-/m1/s1. The van der Waals surface area contributed by atoms with Crippen molar-refractivity contribution in [1.29, 1.82) is 0 Å². The van der Waals surface area contributed by atoms with Crippen molar-refractivity contribution in [2.75, 3.05) is 52.7 Å². The average molecular weight is 1400 g/mol. The van der Waals surface area contributed by atoms with Crippen LogP contribution in [0.5, 0.6) is 0 Å². The van der Waals surface area contributed by atoms with Gasteiger partial charge in [0.25, 0.3) is 0 Å². The molecule has 22 N–H and O–H groups in total. The maximum atomic E-state index is 12.6. The van der Waals surface area contributed by atoms with E-state index in [4.69, 9.17) is 71.1 Å². The first-order valence-corrected chi connectivity index (χ1v) is 31.1. The van der Waals surface area contributed by atoms with Gasteiger partial charge in [-0.05, 0) is 20.8 Å². The molecule has 0 aliphatic carbocycles. The molecule has 22 rings (SSSR count). The summed E-state index contributed by atoms with van der Waals surface area (Å²) >= 11 is 0. The van der Waals surface area contributed by atoms with Gasteiger partial charge in [0.05, 0.1) is 58.2 Å². The van der Waals surface area contributed by atoms with Gasteiger partial charge in [-0.1, -0.05) is 0 Å². The Morgan fingerprint density at radius 2 is 0.656 bits per heavy atom. The zero-order valence-corrected chi connectivity index (χ0v) is 51.9. The number of nitrogens with zero attached hydrogens (tertiary/aromatic N) is 2. The van der Waals surface area contributed by atoms with Crippen molar-refractivity contribution < 1.29 is 183 Å². The predicted molar refractivity (Wildman–Crippen MR) is 299 cm³/mol. The van der Waals surface area contributed by atoms with Crippen LogP contribution in [0.3, 0.4) is 0 Å². The monoisotopic (exact) mass is 1400 g/mol. The van der Waals surface area contributed by atoms with Crippen LogP contribution in [-0.2, 0) is 88.8 Å². The van der Waals surface area contributed by atoms with Gasteiger partial charge in [0.1, 0.15) is 177 Å². The number of imidazole rings is 1. The van der Waals surface area contributed by atoms with Crippen LogP contribution in [0.25, 0.3) is 0 Å². The smallest absolute Gasteiger partial charge is 0.407 e. The summed E-state index contributed by atoms with van der Waals surface area (Å²) in [5.74, 6) is -0.428. The highest BCUT2D eigenvalue weighted by Gasteiger charge is 2.60. The molecule has 21 aliphatic rings. The van der Waals surface area contributed by atoms with Crippen LogP contribution in [0, 0.1) is 0 Å². The Morgan fingerprint density at radius 3 is 0.917 bits per heavy atom. The molecule has 2 amide bonds. The number of alkyl carbamates (subject to hydrolysis) is 1. The molecule has 41 heteroatoms. The first-order valence-electron chi connectivity index (χ1n) is 31.1. The minimum atomic E-state index is -2.25. The molecule has 552 valence electrons. The van der Waals surface area contributed by atoms with E-state index in [1.54, 1.807) is 20.8 Å². The van der Waals surface area contributed by atoms with Crippen molar-refractivity contribution in [1.82, 2.24) is 20.2 Å². The van der Waals surface area contributed by atoms with E-state index in [1.807, 2.05) is 0 Å². The highest BCUT2D eigenvalue weighted by molar-refractivity contribution is 5.77. The van der Waals surface area contributed by atoms with Crippen molar-refractivity contribution in [3.05, 3.63) is 18.2 Å². The zero-order chi connectivity index (χ0) is 69.9. The molecule has 0 radical (unpaired) electrons. The predicted octanol–water partition coefficient (Wildman–Crippen LogP) is -13.8. The quantitative estimate of drug-likeness (QED) is 0.0822. The number of nitrogens with one attached hydrogen (secondary N) is 2. The van der Waals surface area contributed by atoms with E-state index in [0.29, 0.717) is 5.69 Å². The summed E-state index contributed by atoms with van der Waals surface area (Å²) in [6, 6.07) is 0. The molecule has 35 atom stereocenters. The summed E-state index contributed by atoms with van der Waals surface area (Å²) in [5, 5.41) is 230. The first-order chi connectivity index (χ1) is 45.5. The lowest BCUT2D eigenvalue weighted by Crippen LogP contribution is -2.68. The summed E-state index contributed by atoms with van der Waals surface area (Å²) in [6.07, 6.45) is -69.1. The fourth-order valence-corrected chi connectivity index (χ4v) is 12.3. The molecule has 21 fully saturated rings. The minimum Gasteiger partial charge on any atom is -0.444 e. The second-order valence-electron chi connectivity index (χ2n) is 25.3. The fourth-order valence-electron chi connectivity index (χ4n) is 12.3. The van der Waals surface area contributed by atoms with Gasteiger partial charge >= 0.3 is 6.09 Å². The van der Waals surface area contributed by atoms with Crippen LogP contribution in [0.1, 0.15) is 32.9 Å². The van der Waals surface area contributed by atoms with Gasteiger partial charge in [-0.3, -0.25) is 4.79 Å². The number of aliphatic hydroxyl groups excluding tert-OH is 20. The highest BCUT2D eigenvalue weighted by atomic mass is 16.8. The van der Waals surface area contributed by atoms with Crippen LogP contribution in [0.2, 0.25) is 0 Å². The van der Waals surface area contributed by atoms with Gasteiger partial charge in [-0.2, -0.15) is 0 Å². The van der Waals surface area contributed by atoms with Crippen LogP contribution in [-0.4, -0.2) is 397 Å². The van der Waals surface area contributed by atoms with Crippen molar-refractivity contribution in [2.45, 2.75) is 261 Å². The molecule has 22 heterocycles. The fraction of sp³-hybridized carbons (Fsp3) is 0.909. The van der Waals surface area contributed by atoms with E-state index in [1.165, 1.54) is 17.1 Å². The van der Waals surface area contributed by atoms with Crippen molar-refractivity contribution in [3.63, 3.8) is 0 Å². The van der Waals surface area contributed by atoms with Crippen molar-refractivity contribution >= 4 is 12.0 Å². The number of amides is 2. The maximum Gasteiger partial charge on any atom is 0.407 e. The molecule has 21 aliphatic heterocycles. The van der Waals surface area contributed by atoms with Crippen LogP contribution < -0.4 is 10.6 Å². The highest BCUT2D eigenvalue weighted by Crippen LogP contribution is 2.39. The molecule has 0 aromatic carbocycles. The summed E-state index contributed by atoms with van der Waals surface area (Å²) in [4.78, 5) is 29.0. The molecule has 96 heavy (non-hydrogen) atoms. The molecule has 1 aromatic heterocycles. The molecule has 0 spiro atoms. The molecular formula is C55H90N4O37. The summed E-state index contributed by atoms with van der Waals surface area (Å²) in [5.41, 5.74) is -0.395. The Morgan fingerprint density at radius 1 is 0.396 bits per heavy atom. The lowest BCUT2D eigenvalue weighted by Gasteiger charge is -2.50. The van der Waals surface area contributed by atoms with E-state index in [9.17, 15) is 112 Å². The normalized spacial score (nSPS) is 46.8. The van der Waals surface area contributed by atoms with E-state index in [-0.39, 0.29) is 25.9 Å².